The average Bonchev–Trinajstić information content (AvgIpc) is 2.74. The van der Waals surface area contributed by atoms with Gasteiger partial charge in [0.15, 0.2) is 0 Å². The Labute approximate surface area is 122 Å². The molecule has 0 aliphatic heterocycles. The molecule has 3 rings (SSSR count). The van der Waals surface area contributed by atoms with Crippen molar-refractivity contribution in [1.29, 1.82) is 0 Å². The summed E-state index contributed by atoms with van der Waals surface area (Å²) in [6.07, 6.45) is 2.06. The summed E-state index contributed by atoms with van der Waals surface area (Å²) in [5.74, 6) is 0.690. The minimum atomic E-state index is 0.463. The number of benzene rings is 2. The van der Waals surface area contributed by atoms with Crippen molar-refractivity contribution in [2.75, 3.05) is 5.73 Å². The van der Waals surface area contributed by atoms with Gasteiger partial charge in [0.1, 0.15) is 12.4 Å². The van der Waals surface area contributed by atoms with Crippen LogP contribution in [0.25, 0.3) is 10.9 Å². The van der Waals surface area contributed by atoms with Crippen LogP contribution in [0.1, 0.15) is 5.56 Å². The number of ether oxygens (including phenoxy) is 1. The number of nitrogens with two attached hydrogens (primary N) is 1. The molecule has 0 aliphatic carbocycles. The lowest BCUT2D eigenvalue weighted by atomic mass is 10.1. The summed E-state index contributed by atoms with van der Waals surface area (Å²) in [5, 5.41) is 1.73. The molecule has 3 nitrogen and oxygen atoms in total. The number of aryl methyl sites for hydroxylation is 1. The highest BCUT2D eigenvalue weighted by Gasteiger charge is 2.08. The van der Waals surface area contributed by atoms with Crippen molar-refractivity contribution in [3.8, 4) is 5.75 Å². The quantitative estimate of drug-likeness (QED) is 0.740. The van der Waals surface area contributed by atoms with Crippen LogP contribution >= 0.6 is 11.6 Å². The lowest BCUT2D eigenvalue weighted by Crippen LogP contribution is -1.95. The van der Waals surface area contributed by atoms with Crippen molar-refractivity contribution < 1.29 is 4.74 Å². The molecule has 0 radical (unpaired) electrons. The molecule has 3 aromatic rings. The van der Waals surface area contributed by atoms with Crippen LogP contribution in [-0.2, 0) is 13.7 Å². The highest BCUT2D eigenvalue weighted by Crippen LogP contribution is 2.27. The van der Waals surface area contributed by atoms with E-state index in [1.807, 2.05) is 49.5 Å². The van der Waals surface area contributed by atoms with Gasteiger partial charge in [-0.1, -0.05) is 23.7 Å². The normalized spacial score (nSPS) is 10.9. The fourth-order valence-corrected chi connectivity index (χ4v) is 2.51. The fraction of sp³-hybridized carbons (Fsp3) is 0.125. The molecule has 0 saturated carbocycles. The molecule has 0 bridgehead atoms. The van der Waals surface area contributed by atoms with Crippen molar-refractivity contribution in [2.45, 2.75) is 6.61 Å². The smallest absolute Gasteiger partial charge is 0.138 e. The second-order valence-electron chi connectivity index (χ2n) is 4.76. The zero-order valence-corrected chi connectivity index (χ0v) is 11.9. The molecule has 0 unspecified atom stereocenters. The maximum atomic E-state index is 6.09. The molecular formula is C16H15ClN2O. The van der Waals surface area contributed by atoms with E-state index in [9.17, 15) is 0 Å². The van der Waals surface area contributed by atoms with Gasteiger partial charge < -0.3 is 15.0 Å². The Morgan fingerprint density at radius 1 is 1.20 bits per heavy atom. The Balaban J connectivity index is 1.92. The van der Waals surface area contributed by atoms with Crippen molar-refractivity contribution in [2.24, 2.45) is 7.05 Å². The van der Waals surface area contributed by atoms with Gasteiger partial charge in [0.2, 0.25) is 0 Å². The largest absolute Gasteiger partial charge is 0.487 e. The van der Waals surface area contributed by atoms with E-state index in [1.54, 1.807) is 0 Å². The van der Waals surface area contributed by atoms with Crippen LogP contribution in [0.15, 0.2) is 48.7 Å². The summed E-state index contributed by atoms with van der Waals surface area (Å²) in [7, 11) is 2.01. The molecule has 0 aliphatic rings. The van der Waals surface area contributed by atoms with Gasteiger partial charge in [-0.15, -0.1) is 0 Å². The average molecular weight is 287 g/mol. The molecule has 1 aromatic heterocycles. The Kier molecular flexibility index (Phi) is 3.28. The zero-order chi connectivity index (χ0) is 14.1. The minimum Gasteiger partial charge on any atom is -0.487 e. The minimum absolute atomic E-state index is 0.463. The summed E-state index contributed by atoms with van der Waals surface area (Å²) in [4.78, 5) is 0. The number of halogens is 1. The van der Waals surface area contributed by atoms with E-state index in [0.717, 1.165) is 22.2 Å². The molecule has 0 amide bonds. The number of nitrogen functional groups attached to an aromatic ring is 1. The number of nitrogens with zero attached hydrogens (tertiary/aromatic N) is 1. The first-order valence-electron chi connectivity index (χ1n) is 6.36. The van der Waals surface area contributed by atoms with Gasteiger partial charge in [-0.3, -0.25) is 0 Å². The van der Waals surface area contributed by atoms with Crippen LogP contribution < -0.4 is 10.5 Å². The molecule has 2 N–H and O–H groups in total. The summed E-state index contributed by atoms with van der Waals surface area (Å²) in [6.45, 7) is 0.463. The standard InChI is InChI=1S/C16H15ClN2O/c1-19-9-11(13-8-12(18)6-7-15(13)19)10-20-16-5-3-2-4-14(16)17/h2-9H,10,18H2,1H3. The van der Waals surface area contributed by atoms with Gasteiger partial charge in [0.25, 0.3) is 0 Å². The third-order valence-corrected chi connectivity index (χ3v) is 3.63. The van der Waals surface area contributed by atoms with Gasteiger partial charge in [-0.2, -0.15) is 0 Å². The van der Waals surface area contributed by atoms with Crippen molar-refractivity contribution in [3.05, 3.63) is 59.2 Å². The van der Waals surface area contributed by atoms with Crippen LogP contribution in [-0.4, -0.2) is 4.57 Å². The summed E-state index contributed by atoms with van der Waals surface area (Å²) >= 11 is 6.09. The first kappa shape index (κ1) is 12.9. The summed E-state index contributed by atoms with van der Waals surface area (Å²) in [6, 6.07) is 13.4. The molecule has 4 heteroatoms. The van der Waals surface area contributed by atoms with Crippen LogP contribution in [0.2, 0.25) is 5.02 Å². The Hall–Kier alpha value is -2.13. The molecule has 0 fully saturated rings. The topological polar surface area (TPSA) is 40.2 Å². The SMILES string of the molecule is Cn1cc(COc2ccccc2Cl)c2cc(N)ccc21. The molecule has 2 aromatic carbocycles. The number of para-hydroxylation sites is 1. The Morgan fingerprint density at radius 3 is 2.80 bits per heavy atom. The number of hydrogen-bond acceptors (Lipinski definition) is 2. The van der Waals surface area contributed by atoms with E-state index in [1.165, 1.54) is 0 Å². The van der Waals surface area contributed by atoms with E-state index in [-0.39, 0.29) is 0 Å². The first-order valence-corrected chi connectivity index (χ1v) is 6.74. The Morgan fingerprint density at radius 2 is 2.00 bits per heavy atom. The van der Waals surface area contributed by atoms with Gasteiger partial charge >= 0.3 is 0 Å². The molecule has 0 saturated heterocycles. The zero-order valence-electron chi connectivity index (χ0n) is 11.1. The second-order valence-corrected chi connectivity index (χ2v) is 5.17. The number of anilines is 1. The number of hydrogen-bond donors (Lipinski definition) is 1. The fourth-order valence-electron chi connectivity index (χ4n) is 2.32. The van der Waals surface area contributed by atoms with E-state index in [2.05, 4.69) is 10.8 Å². The van der Waals surface area contributed by atoms with Crippen molar-refractivity contribution in [1.82, 2.24) is 4.57 Å². The van der Waals surface area contributed by atoms with Crippen LogP contribution in [0.4, 0.5) is 5.69 Å². The first-order chi connectivity index (χ1) is 9.65. The van der Waals surface area contributed by atoms with Gasteiger partial charge in [0.05, 0.1) is 5.02 Å². The van der Waals surface area contributed by atoms with Crippen LogP contribution in [0, 0.1) is 0 Å². The monoisotopic (exact) mass is 286 g/mol. The van der Waals surface area contributed by atoms with Gasteiger partial charge in [0, 0.05) is 35.4 Å². The maximum absolute atomic E-state index is 6.09. The van der Waals surface area contributed by atoms with Crippen LogP contribution in [0.3, 0.4) is 0 Å². The third kappa shape index (κ3) is 2.32. The molecular weight excluding hydrogens is 272 g/mol. The lowest BCUT2D eigenvalue weighted by molar-refractivity contribution is 0.307. The second kappa shape index (κ2) is 5.10. The van der Waals surface area contributed by atoms with E-state index >= 15 is 0 Å². The molecule has 102 valence electrons. The summed E-state index contributed by atoms with van der Waals surface area (Å²) in [5.41, 5.74) is 8.84. The van der Waals surface area contributed by atoms with E-state index < -0.39 is 0 Å². The number of aromatic nitrogens is 1. The maximum Gasteiger partial charge on any atom is 0.138 e. The van der Waals surface area contributed by atoms with Crippen LogP contribution in [0.5, 0.6) is 5.75 Å². The van der Waals surface area contributed by atoms with Crippen molar-refractivity contribution >= 4 is 28.2 Å². The van der Waals surface area contributed by atoms with E-state index in [4.69, 9.17) is 22.1 Å². The number of rotatable bonds is 3. The highest BCUT2D eigenvalue weighted by molar-refractivity contribution is 6.32. The predicted molar refractivity (Wildman–Crippen MR) is 83.1 cm³/mol. The third-order valence-electron chi connectivity index (χ3n) is 3.32. The number of fused-ring (bicyclic) bond motifs is 1. The predicted octanol–water partition coefficient (Wildman–Crippen LogP) is 3.99. The highest BCUT2D eigenvalue weighted by atomic mass is 35.5. The van der Waals surface area contributed by atoms with Gasteiger partial charge in [-0.25, -0.2) is 0 Å². The molecule has 0 atom stereocenters. The molecule has 0 spiro atoms. The van der Waals surface area contributed by atoms with E-state index in [0.29, 0.717) is 17.4 Å². The van der Waals surface area contributed by atoms with Crippen molar-refractivity contribution in [3.63, 3.8) is 0 Å². The van der Waals surface area contributed by atoms with Gasteiger partial charge in [-0.05, 0) is 30.3 Å². The molecule has 1 heterocycles. The molecule has 20 heavy (non-hydrogen) atoms. The Bertz CT molecular complexity index is 764. The lowest BCUT2D eigenvalue weighted by Gasteiger charge is -2.07. The summed E-state index contributed by atoms with van der Waals surface area (Å²) < 4.78 is 7.87.